The van der Waals surface area contributed by atoms with Crippen LogP contribution in [-0.4, -0.2) is 34.0 Å². The maximum Gasteiger partial charge on any atom is 0.322 e. The molecule has 7 heteroatoms. The summed E-state index contributed by atoms with van der Waals surface area (Å²) in [5.74, 6) is -0.574. The van der Waals surface area contributed by atoms with Crippen molar-refractivity contribution in [2.24, 2.45) is 0 Å². The molecule has 0 spiro atoms. The van der Waals surface area contributed by atoms with Gasteiger partial charge in [0.1, 0.15) is 18.4 Å². The second-order valence-corrected chi connectivity index (χ2v) is 9.48. The van der Waals surface area contributed by atoms with Crippen LogP contribution in [0.25, 0.3) is 5.69 Å². The molecule has 37 heavy (non-hydrogen) atoms. The summed E-state index contributed by atoms with van der Waals surface area (Å²) in [5.41, 5.74) is 4.91. The van der Waals surface area contributed by atoms with E-state index < -0.39 is 6.04 Å². The van der Waals surface area contributed by atoms with Crippen LogP contribution in [0.5, 0.6) is 0 Å². The lowest BCUT2D eigenvalue weighted by atomic mass is 9.97. The average molecular weight is 497 g/mol. The Morgan fingerprint density at radius 3 is 2.30 bits per heavy atom. The molecule has 0 aliphatic carbocycles. The van der Waals surface area contributed by atoms with Crippen molar-refractivity contribution < 1.29 is 14.0 Å². The molecule has 0 fully saturated rings. The minimum Gasteiger partial charge on any atom is -0.316 e. The van der Waals surface area contributed by atoms with Gasteiger partial charge in [-0.15, -0.1) is 0 Å². The van der Waals surface area contributed by atoms with Crippen molar-refractivity contribution in [3.05, 3.63) is 114 Å². The molecular formula is C30H29FN4O2. The van der Waals surface area contributed by atoms with Crippen LogP contribution in [0, 0.1) is 12.7 Å². The van der Waals surface area contributed by atoms with Crippen molar-refractivity contribution in [1.29, 1.82) is 0 Å². The molecule has 1 aliphatic rings. The van der Waals surface area contributed by atoms with Crippen molar-refractivity contribution in [3.8, 4) is 5.69 Å². The first-order chi connectivity index (χ1) is 17.8. The van der Waals surface area contributed by atoms with Gasteiger partial charge in [-0.25, -0.2) is 9.18 Å². The van der Waals surface area contributed by atoms with Crippen LogP contribution in [0.2, 0.25) is 0 Å². The molecule has 1 N–H and O–H groups in total. The Morgan fingerprint density at radius 1 is 0.919 bits per heavy atom. The van der Waals surface area contributed by atoms with Gasteiger partial charge in [0.25, 0.3) is 0 Å². The third kappa shape index (κ3) is 4.60. The minimum atomic E-state index is -0.480. The van der Waals surface area contributed by atoms with E-state index in [-0.39, 0.29) is 30.3 Å². The van der Waals surface area contributed by atoms with Crippen LogP contribution in [0.15, 0.2) is 91.1 Å². The van der Waals surface area contributed by atoms with Gasteiger partial charge >= 0.3 is 6.03 Å². The van der Waals surface area contributed by atoms with Crippen LogP contribution < -0.4 is 10.2 Å². The summed E-state index contributed by atoms with van der Waals surface area (Å²) in [5, 5.41) is 2.95. The second kappa shape index (κ2) is 9.93. The van der Waals surface area contributed by atoms with E-state index in [2.05, 4.69) is 9.88 Å². The lowest BCUT2D eigenvalue weighted by molar-refractivity contribution is -0.119. The van der Waals surface area contributed by atoms with Crippen molar-refractivity contribution >= 4 is 23.3 Å². The van der Waals surface area contributed by atoms with Crippen molar-refractivity contribution in [2.75, 3.05) is 16.8 Å². The van der Waals surface area contributed by atoms with Gasteiger partial charge in [0.15, 0.2) is 0 Å². The molecule has 4 aromatic rings. The number of nitrogens with one attached hydrogen (secondary N) is 1. The molecule has 5 rings (SSSR count). The topological polar surface area (TPSA) is 57.6 Å². The largest absolute Gasteiger partial charge is 0.322 e. The highest BCUT2D eigenvalue weighted by molar-refractivity contribution is 6.01. The summed E-state index contributed by atoms with van der Waals surface area (Å²) < 4.78 is 15.9. The lowest BCUT2D eigenvalue weighted by Gasteiger charge is -2.40. The average Bonchev–Trinajstić information content (AvgIpc) is 3.38. The van der Waals surface area contributed by atoms with Crippen LogP contribution >= 0.6 is 0 Å². The lowest BCUT2D eigenvalue weighted by Crippen LogP contribution is -2.49. The standard InChI is InChI=1S/C30H29FN4O2/c1-20(2)34(30(37)32-24-10-5-4-9-21(24)3)19-28(36)35-26-12-7-6-11-25(26)33-18-8-13-27(33)29(35)22-14-16-23(31)17-15-22/h4-18,20,29H,19H2,1-3H3,(H,32,37). The first-order valence-electron chi connectivity index (χ1n) is 12.3. The van der Waals surface area contributed by atoms with Gasteiger partial charge in [0, 0.05) is 17.9 Å². The molecular weight excluding hydrogens is 467 g/mol. The second-order valence-electron chi connectivity index (χ2n) is 9.48. The van der Waals surface area contributed by atoms with Crippen LogP contribution in [0.3, 0.4) is 0 Å². The fourth-order valence-electron chi connectivity index (χ4n) is 4.83. The molecule has 1 atom stereocenters. The van der Waals surface area contributed by atoms with E-state index in [9.17, 15) is 14.0 Å². The summed E-state index contributed by atoms with van der Waals surface area (Å²) in [6.45, 7) is 5.57. The predicted octanol–water partition coefficient (Wildman–Crippen LogP) is 6.30. The normalized spacial score (nSPS) is 14.2. The summed E-state index contributed by atoms with van der Waals surface area (Å²) in [6.07, 6.45) is 1.96. The number of urea groups is 1. The Bertz CT molecular complexity index is 1440. The zero-order valence-corrected chi connectivity index (χ0v) is 21.1. The Balaban J connectivity index is 1.52. The van der Waals surface area contributed by atoms with E-state index in [1.165, 1.54) is 17.0 Å². The van der Waals surface area contributed by atoms with Gasteiger partial charge in [-0.3, -0.25) is 9.69 Å². The summed E-state index contributed by atoms with van der Waals surface area (Å²) in [6, 6.07) is 24.3. The maximum absolute atomic E-state index is 14.1. The molecule has 0 radical (unpaired) electrons. The fourth-order valence-corrected chi connectivity index (χ4v) is 4.83. The zero-order valence-electron chi connectivity index (χ0n) is 21.1. The number of nitrogens with zero attached hydrogens (tertiary/aromatic N) is 3. The number of anilines is 2. The maximum atomic E-state index is 14.1. The Hall–Kier alpha value is -4.39. The van der Waals surface area contributed by atoms with Crippen molar-refractivity contribution in [1.82, 2.24) is 9.47 Å². The SMILES string of the molecule is Cc1ccccc1NC(=O)N(CC(=O)N1c2ccccc2-n2cccc2C1c1ccc(F)cc1)C(C)C. The number of para-hydroxylation sites is 3. The molecule has 6 nitrogen and oxygen atoms in total. The number of hydrogen-bond donors (Lipinski definition) is 1. The number of aromatic nitrogens is 1. The zero-order chi connectivity index (χ0) is 26.1. The molecule has 1 unspecified atom stereocenters. The number of benzene rings is 3. The number of fused-ring (bicyclic) bond motifs is 3. The molecule has 188 valence electrons. The van der Waals surface area contributed by atoms with Gasteiger partial charge in [0.05, 0.1) is 17.1 Å². The van der Waals surface area contributed by atoms with E-state index in [0.717, 1.165) is 28.2 Å². The van der Waals surface area contributed by atoms with E-state index in [4.69, 9.17) is 0 Å². The number of rotatable bonds is 5. The predicted molar refractivity (Wildman–Crippen MR) is 144 cm³/mol. The van der Waals surface area contributed by atoms with E-state index >= 15 is 0 Å². The minimum absolute atomic E-state index is 0.123. The van der Waals surface area contributed by atoms with Crippen LogP contribution in [0.1, 0.15) is 36.7 Å². The van der Waals surface area contributed by atoms with Gasteiger partial charge < -0.3 is 14.8 Å². The number of amides is 3. The molecule has 0 saturated heterocycles. The summed E-state index contributed by atoms with van der Waals surface area (Å²) in [4.78, 5) is 30.7. The highest BCUT2D eigenvalue weighted by Crippen LogP contribution is 2.42. The first-order valence-corrected chi connectivity index (χ1v) is 12.3. The van der Waals surface area contributed by atoms with E-state index in [0.29, 0.717) is 5.69 Å². The van der Waals surface area contributed by atoms with Crippen molar-refractivity contribution in [3.63, 3.8) is 0 Å². The monoisotopic (exact) mass is 496 g/mol. The quantitative estimate of drug-likeness (QED) is 0.352. The molecule has 3 aromatic carbocycles. The number of hydrogen-bond acceptors (Lipinski definition) is 2. The van der Waals surface area contributed by atoms with Gasteiger partial charge in [0.2, 0.25) is 5.91 Å². The smallest absolute Gasteiger partial charge is 0.316 e. The highest BCUT2D eigenvalue weighted by Gasteiger charge is 2.37. The Kier molecular flexibility index (Phi) is 6.53. The Labute approximate surface area is 215 Å². The third-order valence-corrected chi connectivity index (χ3v) is 6.75. The summed E-state index contributed by atoms with van der Waals surface area (Å²) >= 11 is 0. The number of halogens is 1. The molecule has 1 aliphatic heterocycles. The Morgan fingerprint density at radius 2 is 1.59 bits per heavy atom. The highest BCUT2D eigenvalue weighted by atomic mass is 19.1. The van der Waals surface area contributed by atoms with E-state index in [1.54, 1.807) is 17.0 Å². The number of carbonyl (C=O) groups excluding carboxylic acids is 2. The van der Waals surface area contributed by atoms with Gasteiger partial charge in [-0.05, 0) is 74.4 Å². The fraction of sp³-hybridized carbons (Fsp3) is 0.200. The summed E-state index contributed by atoms with van der Waals surface area (Å²) in [7, 11) is 0. The molecule has 0 saturated carbocycles. The van der Waals surface area contributed by atoms with E-state index in [1.807, 2.05) is 87.6 Å². The van der Waals surface area contributed by atoms with Crippen LogP contribution in [-0.2, 0) is 4.79 Å². The molecule has 1 aromatic heterocycles. The molecule has 3 amide bonds. The van der Waals surface area contributed by atoms with Crippen LogP contribution in [0.4, 0.5) is 20.6 Å². The number of carbonyl (C=O) groups is 2. The molecule has 2 heterocycles. The van der Waals surface area contributed by atoms with Gasteiger partial charge in [-0.1, -0.05) is 42.5 Å². The van der Waals surface area contributed by atoms with Crippen molar-refractivity contribution in [2.45, 2.75) is 32.9 Å². The van der Waals surface area contributed by atoms with Gasteiger partial charge in [-0.2, -0.15) is 0 Å². The first kappa shape index (κ1) is 24.3. The number of aryl methyl sites for hydroxylation is 1. The third-order valence-electron chi connectivity index (χ3n) is 6.75. The molecule has 0 bridgehead atoms.